The Labute approximate surface area is 139 Å². The van der Waals surface area contributed by atoms with E-state index in [1.165, 1.54) is 18.2 Å². The van der Waals surface area contributed by atoms with Crippen molar-refractivity contribution in [1.82, 2.24) is 4.98 Å². The van der Waals surface area contributed by atoms with E-state index in [4.69, 9.17) is 4.42 Å². The molecule has 2 aromatic heterocycles. The molecule has 7 nitrogen and oxygen atoms in total. The maximum atomic E-state index is 12.6. The Morgan fingerprint density at radius 2 is 1.76 bits per heavy atom. The molecule has 0 amide bonds. The Bertz CT molecular complexity index is 1260. The lowest BCUT2D eigenvalue weighted by molar-refractivity contribution is -0.384. The Balaban J connectivity index is 2.07. The molecule has 0 unspecified atom stereocenters. The van der Waals surface area contributed by atoms with Crippen LogP contribution in [0, 0.1) is 10.1 Å². The second kappa shape index (κ2) is 5.41. The average molecular weight is 334 g/mol. The lowest BCUT2D eigenvalue weighted by atomic mass is 10.1. The van der Waals surface area contributed by atoms with Gasteiger partial charge in [-0.2, -0.15) is 0 Å². The summed E-state index contributed by atoms with van der Waals surface area (Å²) in [6, 6.07) is 14.2. The molecule has 0 saturated heterocycles. The first-order valence-corrected chi connectivity index (χ1v) is 7.38. The van der Waals surface area contributed by atoms with E-state index in [-0.39, 0.29) is 27.8 Å². The van der Waals surface area contributed by atoms with E-state index >= 15 is 0 Å². The van der Waals surface area contributed by atoms with Crippen molar-refractivity contribution in [2.75, 3.05) is 0 Å². The highest BCUT2D eigenvalue weighted by Crippen LogP contribution is 2.22. The Kier molecular flexibility index (Phi) is 3.21. The van der Waals surface area contributed by atoms with E-state index in [2.05, 4.69) is 4.98 Å². The summed E-state index contributed by atoms with van der Waals surface area (Å²) in [6.45, 7) is 0. The van der Waals surface area contributed by atoms with Crippen LogP contribution in [-0.2, 0) is 0 Å². The van der Waals surface area contributed by atoms with E-state index in [9.17, 15) is 19.7 Å². The molecule has 0 aliphatic carbocycles. The third kappa shape index (κ3) is 2.38. The van der Waals surface area contributed by atoms with Gasteiger partial charge in [0.1, 0.15) is 11.0 Å². The van der Waals surface area contributed by atoms with Crippen LogP contribution >= 0.6 is 0 Å². The van der Waals surface area contributed by atoms with Gasteiger partial charge in [-0.25, -0.2) is 0 Å². The summed E-state index contributed by atoms with van der Waals surface area (Å²) in [6.07, 6.45) is 0. The van der Waals surface area contributed by atoms with E-state index < -0.39 is 15.8 Å². The molecule has 0 aliphatic rings. The second-order valence-corrected chi connectivity index (χ2v) is 5.49. The molecule has 0 radical (unpaired) electrons. The van der Waals surface area contributed by atoms with E-state index in [1.54, 1.807) is 0 Å². The number of aromatic amines is 1. The maximum absolute atomic E-state index is 12.6. The number of rotatable bonds is 2. The number of aromatic nitrogens is 1. The molecular formula is C18H10N2O5. The van der Waals surface area contributed by atoms with Gasteiger partial charge in [0, 0.05) is 18.2 Å². The minimum Gasteiger partial charge on any atom is -0.439 e. The molecular weight excluding hydrogens is 324 g/mol. The van der Waals surface area contributed by atoms with Crippen LogP contribution in [0.5, 0.6) is 0 Å². The third-order valence-electron chi connectivity index (χ3n) is 3.94. The number of nitrogens with one attached hydrogen (secondary N) is 1. The number of pyridine rings is 1. The summed E-state index contributed by atoms with van der Waals surface area (Å²) < 4.78 is 5.63. The van der Waals surface area contributed by atoms with Crippen molar-refractivity contribution in [3.05, 3.63) is 85.2 Å². The average Bonchev–Trinajstić information content (AvgIpc) is 2.61. The fraction of sp³-hybridized carbons (Fsp3) is 0. The normalized spacial score (nSPS) is 11.0. The third-order valence-corrected chi connectivity index (χ3v) is 3.94. The first kappa shape index (κ1) is 14.8. The van der Waals surface area contributed by atoms with Crippen LogP contribution in [0.15, 0.2) is 68.6 Å². The largest absolute Gasteiger partial charge is 0.439 e. The first-order valence-electron chi connectivity index (χ1n) is 7.38. The van der Waals surface area contributed by atoms with Gasteiger partial charge in [0.15, 0.2) is 5.43 Å². The van der Waals surface area contributed by atoms with Crippen LogP contribution in [0.2, 0.25) is 0 Å². The minimum atomic E-state index is -0.605. The zero-order valence-corrected chi connectivity index (χ0v) is 12.7. The summed E-state index contributed by atoms with van der Waals surface area (Å²) >= 11 is 0. The fourth-order valence-electron chi connectivity index (χ4n) is 2.74. The number of nitro benzene ring substituents is 1. The number of hydrogen-bond acceptors (Lipinski definition) is 5. The molecule has 0 spiro atoms. The van der Waals surface area contributed by atoms with E-state index in [1.807, 2.05) is 30.3 Å². The molecule has 4 aromatic rings. The quantitative estimate of drug-likeness (QED) is 0.344. The lowest BCUT2D eigenvalue weighted by Crippen LogP contribution is -2.14. The van der Waals surface area contributed by atoms with Crippen molar-refractivity contribution in [1.29, 1.82) is 0 Å². The van der Waals surface area contributed by atoms with E-state index in [0.29, 0.717) is 5.69 Å². The minimum absolute atomic E-state index is 0.000314. The highest BCUT2D eigenvalue weighted by molar-refractivity contribution is 5.90. The highest BCUT2D eigenvalue weighted by Gasteiger charge is 2.16. The van der Waals surface area contributed by atoms with Crippen molar-refractivity contribution in [2.24, 2.45) is 0 Å². The van der Waals surface area contributed by atoms with E-state index in [0.717, 1.165) is 11.6 Å². The molecule has 2 aromatic carbocycles. The summed E-state index contributed by atoms with van der Waals surface area (Å²) in [5.74, 6) is 0. The number of nitrogens with zero attached hydrogens (tertiary/aromatic N) is 1. The van der Waals surface area contributed by atoms with Gasteiger partial charge in [-0.3, -0.25) is 19.7 Å². The number of non-ortho nitro benzene ring substituents is 1. The molecule has 4 rings (SSSR count). The number of benzene rings is 2. The van der Waals surface area contributed by atoms with Crippen LogP contribution in [0.25, 0.3) is 33.3 Å². The van der Waals surface area contributed by atoms with Crippen LogP contribution < -0.4 is 10.9 Å². The number of H-pyrrole nitrogens is 1. The molecule has 0 bridgehead atoms. The van der Waals surface area contributed by atoms with Gasteiger partial charge < -0.3 is 9.40 Å². The first-order chi connectivity index (χ1) is 12.0. The van der Waals surface area contributed by atoms with Crippen molar-refractivity contribution in [2.45, 2.75) is 0 Å². The molecule has 122 valence electrons. The van der Waals surface area contributed by atoms with Crippen LogP contribution in [0.1, 0.15) is 0 Å². The van der Waals surface area contributed by atoms with Gasteiger partial charge in [0.05, 0.1) is 16.0 Å². The maximum Gasteiger partial charge on any atom is 0.270 e. The van der Waals surface area contributed by atoms with Crippen molar-refractivity contribution in [3.8, 4) is 11.3 Å². The number of fused-ring (bicyclic) bond motifs is 2. The summed E-state index contributed by atoms with van der Waals surface area (Å²) in [4.78, 5) is 38.3. The summed E-state index contributed by atoms with van der Waals surface area (Å²) in [5, 5.41) is 10.7. The number of nitro groups is 1. The molecule has 2 heterocycles. The number of hydrogen-bond donors (Lipinski definition) is 1. The molecule has 25 heavy (non-hydrogen) atoms. The second-order valence-electron chi connectivity index (χ2n) is 5.49. The molecule has 0 aliphatic heterocycles. The van der Waals surface area contributed by atoms with Gasteiger partial charge in [-0.15, -0.1) is 0 Å². The topological polar surface area (TPSA) is 106 Å². The van der Waals surface area contributed by atoms with Crippen molar-refractivity contribution >= 4 is 27.8 Å². The Hall–Kier alpha value is -3.74. The van der Waals surface area contributed by atoms with Gasteiger partial charge >= 0.3 is 0 Å². The van der Waals surface area contributed by atoms with Gasteiger partial charge in [-0.05, 0) is 11.6 Å². The van der Waals surface area contributed by atoms with Crippen LogP contribution in [0.3, 0.4) is 0 Å². The monoisotopic (exact) mass is 334 g/mol. The van der Waals surface area contributed by atoms with Gasteiger partial charge in [-0.1, -0.05) is 30.3 Å². The van der Waals surface area contributed by atoms with Gasteiger partial charge in [0.2, 0.25) is 11.1 Å². The SMILES string of the molecule is O=c1cc(-c2ccccc2)[nH]c2oc3ccc([N+](=O)[O-])cc3c(=O)c12. The zero-order valence-electron chi connectivity index (χ0n) is 12.7. The molecule has 0 saturated carbocycles. The van der Waals surface area contributed by atoms with Gasteiger partial charge in [0.25, 0.3) is 5.69 Å². The molecule has 0 atom stereocenters. The lowest BCUT2D eigenvalue weighted by Gasteiger charge is -2.05. The van der Waals surface area contributed by atoms with Crippen molar-refractivity contribution in [3.63, 3.8) is 0 Å². The van der Waals surface area contributed by atoms with Crippen molar-refractivity contribution < 1.29 is 9.34 Å². The predicted molar refractivity (Wildman–Crippen MR) is 92.7 cm³/mol. The zero-order chi connectivity index (χ0) is 17.6. The standard InChI is InChI=1S/C18H10N2O5/c21-14-9-13(10-4-2-1-3-5-10)19-18-16(14)17(22)12-8-11(20(23)24)6-7-15(12)25-18/h1-9H,(H,19,21). The van der Waals surface area contributed by atoms with Crippen LogP contribution in [-0.4, -0.2) is 9.91 Å². The summed E-state index contributed by atoms with van der Waals surface area (Å²) in [5.41, 5.74) is 0.157. The summed E-state index contributed by atoms with van der Waals surface area (Å²) in [7, 11) is 0. The Morgan fingerprint density at radius 1 is 1.00 bits per heavy atom. The Morgan fingerprint density at radius 3 is 2.48 bits per heavy atom. The van der Waals surface area contributed by atoms with Crippen LogP contribution in [0.4, 0.5) is 5.69 Å². The highest BCUT2D eigenvalue weighted by atomic mass is 16.6. The fourth-order valence-corrected chi connectivity index (χ4v) is 2.74. The molecule has 1 N–H and O–H groups in total. The molecule has 7 heteroatoms. The molecule has 0 fully saturated rings. The smallest absolute Gasteiger partial charge is 0.270 e. The predicted octanol–water partition coefficient (Wildman–Crippen LogP) is 3.21.